The standard InChI is InChI=1S/C31H31F5N6O/c1-19-15-41(9-7-30(19,32)33)16-21-10-24-25(26(11-21)31(34,35)36)17-42(27(24)43)23-5-3-4-22(12-23)29(13-20(14-29)6-8-37)28-39-38-18-40(28)2/h3-5,10-12,18-20H,6-7,9,13-17H2,1-2H3/t19-,20?,29?/m0/s1. The molecule has 1 saturated heterocycles. The molecule has 0 spiro atoms. The molecule has 1 saturated carbocycles. The number of aryl methyl sites for hydroxylation is 1. The van der Waals surface area contributed by atoms with Crippen LogP contribution in [0.25, 0.3) is 0 Å². The maximum atomic E-state index is 14.3. The minimum atomic E-state index is -4.70. The second kappa shape index (κ2) is 10.4. The molecule has 1 amide bonds. The van der Waals surface area contributed by atoms with Gasteiger partial charge in [-0.25, -0.2) is 8.78 Å². The van der Waals surface area contributed by atoms with E-state index >= 15 is 0 Å². The molecule has 12 heteroatoms. The van der Waals surface area contributed by atoms with Crippen LogP contribution in [0.15, 0.2) is 42.7 Å². The fourth-order valence-electron chi connectivity index (χ4n) is 7.02. The Hall–Kier alpha value is -3.85. The van der Waals surface area contributed by atoms with Gasteiger partial charge >= 0.3 is 6.18 Å². The lowest BCUT2D eigenvalue weighted by Gasteiger charge is -2.46. The summed E-state index contributed by atoms with van der Waals surface area (Å²) in [5.74, 6) is -3.37. The maximum Gasteiger partial charge on any atom is 0.416 e. The third-order valence-corrected chi connectivity index (χ3v) is 9.33. The van der Waals surface area contributed by atoms with Crippen LogP contribution in [-0.2, 0) is 31.7 Å². The van der Waals surface area contributed by atoms with Gasteiger partial charge in [-0.15, -0.1) is 10.2 Å². The Labute approximate surface area is 245 Å². The summed E-state index contributed by atoms with van der Waals surface area (Å²) in [5.41, 5.74) is 0.0586. The predicted octanol–water partition coefficient (Wildman–Crippen LogP) is 6.08. The van der Waals surface area contributed by atoms with Crippen LogP contribution in [0.4, 0.5) is 27.6 Å². The number of amides is 1. The third kappa shape index (κ3) is 5.07. The first-order valence-corrected chi connectivity index (χ1v) is 14.3. The Morgan fingerprint density at radius 1 is 1.16 bits per heavy atom. The summed E-state index contributed by atoms with van der Waals surface area (Å²) in [4.78, 5) is 16.8. The highest BCUT2D eigenvalue weighted by Crippen LogP contribution is 2.53. The van der Waals surface area contributed by atoms with Crippen molar-refractivity contribution in [1.29, 1.82) is 5.26 Å². The first kappa shape index (κ1) is 29.2. The molecule has 2 fully saturated rings. The molecule has 0 N–H and O–H groups in total. The van der Waals surface area contributed by atoms with Gasteiger partial charge in [0.2, 0.25) is 0 Å². The number of fused-ring (bicyclic) bond motifs is 1. The van der Waals surface area contributed by atoms with E-state index in [-0.39, 0.29) is 55.2 Å². The van der Waals surface area contributed by atoms with Crippen molar-refractivity contribution in [3.05, 3.63) is 76.4 Å². The van der Waals surface area contributed by atoms with Crippen molar-refractivity contribution < 1.29 is 26.7 Å². The second-order valence-corrected chi connectivity index (χ2v) is 12.2. The Morgan fingerprint density at radius 2 is 1.93 bits per heavy atom. The van der Waals surface area contributed by atoms with Crippen molar-refractivity contribution >= 4 is 11.6 Å². The average molecular weight is 599 g/mol. The number of hydrogen-bond acceptors (Lipinski definition) is 5. The number of aromatic nitrogens is 3. The first-order chi connectivity index (χ1) is 20.3. The lowest BCUT2D eigenvalue weighted by Crippen LogP contribution is -2.45. The Kier molecular flexibility index (Phi) is 7.07. The molecule has 0 unspecified atom stereocenters. The zero-order valence-corrected chi connectivity index (χ0v) is 23.8. The van der Waals surface area contributed by atoms with Crippen LogP contribution in [0.2, 0.25) is 0 Å². The summed E-state index contributed by atoms with van der Waals surface area (Å²) in [6.45, 7) is 1.36. The van der Waals surface area contributed by atoms with Crippen LogP contribution >= 0.6 is 0 Å². The molecule has 3 aromatic rings. The summed E-state index contributed by atoms with van der Waals surface area (Å²) < 4.78 is 72.8. The molecule has 1 aromatic heterocycles. The highest BCUT2D eigenvalue weighted by molar-refractivity contribution is 6.10. The molecule has 2 aromatic carbocycles. The molecule has 3 heterocycles. The SMILES string of the molecule is C[C@H]1CN(Cc2cc3c(c(C(F)(F)F)c2)CN(c2cccc(C4(c5nncn5C)CC(CC#N)C4)c2)C3=O)CCC1(F)F. The summed E-state index contributed by atoms with van der Waals surface area (Å²) in [6, 6.07) is 12.0. The third-order valence-electron chi connectivity index (χ3n) is 9.33. The van der Waals surface area contributed by atoms with Crippen molar-refractivity contribution in [2.45, 2.75) is 63.2 Å². The number of nitrogens with zero attached hydrogens (tertiary/aromatic N) is 6. The first-order valence-electron chi connectivity index (χ1n) is 14.3. The average Bonchev–Trinajstić information content (AvgIpc) is 3.50. The number of hydrogen-bond donors (Lipinski definition) is 0. The number of carbonyl (C=O) groups excluding carboxylic acids is 1. The van der Waals surface area contributed by atoms with Gasteiger partial charge in [-0.05, 0) is 59.7 Å². The summed E-state index contributed by atoms with van der Waals surface area (Å²) in [7, 11) is 1.84. The summed E-state index contributed by atoms with van der Waals surface area (Å²) in [5, 5.41) is 17.6. The van der Waals surface area contributed by atoms with Crippen molar-refractivity contribution in [1.82, 2.24) is 19.7 Å². The lowest BCUT2D eigenvalue weighted by molar-refractivity contribution is -0.138. The minimum Gasteiger partial charge on any atom is -0.320 e. The molecule has 6 rings (SSSR count). The van der Waals surface area contributed by atoms with E-state index in [9.17, 15) is 32.0 Å². The number of carbonyl (C=O) groups is 1. The van der Waals surface area contributed by atoms with Crippen LogP contribution in [-0.4, -0.2) is 44.6 Å². The largest absolute Gasteiger partial charge is 0.416 e. The number of rotatable bonds is 6. The highest BCUT2D eigenvalue weighted by Gasteiger charge is 2.50. The molecule has 43 heavy (non-hydrogen) atoms. The molecule has 3 aliphatic rings. The van der Waals surface area contributed by atoms with Crippen molar-refractivity contribution in [2.24, 2.45) is 18.9 Å². The van der Waals surface area contributed by atoms with Crippen LogP contribution < -0.4 is 4.90 Å². The normalized spacial score (nSPS) is 25.3. The van der Waals surface area contributed by atoms with Gasteiger partial charge < -0.3 is 9.47 Å². The zero-order valence-electron chi connectivity index (χ0n) is 23.8. The zero-order chi connectivity index (χ0) is 30.7. The topological polar surface area (TPSA) is 78.1 Å². The van der Waals surface area contributed by atoms with Gasteiger partial charge in [-0.2, -0.15) is 18.4 Å². The fourth-order valence-corrected chi connectivity index (χ4v) is 7.02. The van der Waals surface area contributed by atoms with E-state index in [0.29, 0.717) is 24.9 Å². The van der Waals surface area contributed by atoms with E-state index in [1.54, 1.807) is 23.4 Å². The van der Waals surface area contributed by atoms with E-state index in [2.05, 4.69) is 16.3 Å². The second-order valence-electron chi connectivity index (χ2n) is 12.2. The van der Waals surface area contributed by atoms with Gasteiger partial charge in [-0.3, -0.25) is 9.69 Å². The molecular formula is C31H31F5N6O. The summed E-state index contributed by atoms with van der Waals surface area (Å²) in [6.07, 6.45) is -1.73. The van der Waals surface area contributed by atoms with Gasteiger partial charge in [-0.1, -0.05) is 19.1 Å². The molecule has 0 bridgehead atoms. The van der Waals surface area contributed by atoms with E-state index in [0.717, 1.165) is 17.5 Å². The Balaban J connectivity index is 1.32. The molecule has 1 aliphatic carbocycles. The maximum absolute atomic E-state index is 14.3. The van der Waals surface area contributed by atoms with Gasteiger partial charge in [0, 0.05) is 56.7 Å². The van der Waals surface area contributed by atoms with Gasteiger partial charge in [0.1, 0.15) is 12.2 Å². The molecule has 226 valence electrons. The summed E-state index contributed by atoms with van der Waals surface area (Å²) >= 11 is 0. The van der Waals surface area contributed by atoms with E-state index < -0.39 is 34.9 Å². The molecule has 1 atom stereocenters. The Morgan fingerprint density at radius 3 is 2.58 bits per heavy atom. The minimum absolute atomic E-state index is 0.0219. The molecule has 2 aliphatic heterocycles. The van der Waals surface area contributed by atoms with Crippen molar-refractivity contribution in [2.75, 3.05) is 18.0 Å². The van der Waals surface area contributed by atoms with Crippen LogP contribution in [0, 0.1) is 23.2 Å². The molecular weight excluding hydrogens is 567 g/mol. The van der Waals surface area contributed by atoms with Gasteiger partial charge in [0.15, 0.2) is 0 Å². The van der Waals surface area contributed by atoms with Crippen LogP contribution in [0.3, 0.4) is 0 Å². The van der Waals surface area contributed by atoms with E-state index in [4.69, 9.17) is 0 Å². The van der Waals surface area contributed by atoms with Gasteiger partial charge in [0.25, 0.3) is 11.8 Å². The number of benzene rings is 2. The number of nitriles is 1. The Bertz CT molecular complexity index is 1600. The van der Waals surface area contributed by atoms with Gasteiger partial charge in [0.05, 0.1) is 23.6 Å². The number of likely N-dealkylation sites (tertiary alicyclic amines) is 1. The highest BCUT2D eigenvalue weighted by atomic mass is 19.4. The number of halogens is 5. The van der Waals surface area contributed by atoms with Crippen LogP contribution in [0.5, 0.6) is 0 Å². The van der Waals surface area contributed by atoms with E-state index in [1.807, 2.05) is 23.7 Å². The van der Waals surface area contributed by atoms with Crippen molar-refractivity contribution in [3.8, 4) is 6.07 Å². The van der Waals surface area contributed by atoms with E-state index in [1.165, 1.54) is 17.9 Å². The van der Waals surface area contributed by atoms with Crippen LogP contribution in [0.1, 0.15) is 71.0 Å². The monoisotopic (exact) mass is 598 g/mol. The molecule has 0 radical (unpaired) electrons. The fraction of sp³-hybridized carbons (Fsp3) is 0.484. The number of alkyl halides is 5. The predicted molar refractivity (Wildman–Crippen MR) is 147 cm³/mol. The quantitative estimate of drug-likeness (QED) is 0.322. The smallest absolute Gasteiger partial charge is 0.320 e. The number of piperidine rings is 1. The van der Waals surface area contributed by atoms with Crippen molar-refractivity contribution in [3.63, 3.8) is 0 Å². The molecule has 7 nitrogen and oxygen atoms in total. The number of anilines is 1. The lowest BCUT2D eigenvalue weighted by atomic mass is 9.57.